The van der Waals surface area contributed by atoms with Gasteiger partial charge in [-0.15, -0.1) is 24.3 Å². The Labute approximate surface area is 333 Å². The van der Waals surface area contributed by atoms with Crippen LogP contribution in [0.3, 0.4) is 0 Å². The van der Waals surface area contributed by atoms with Crippen molar-refractivity contribution in [2.24, 2.45) is 9.98 Å². The van der Waals surface area contributed by atoms with Crippen molar-refractivity contribution < 1.29 is 51.2 Å². The van der Waals surface area contributed by atoms with Crippen molar-refractivity contribution in [2.45, 2.75) is 59.4 Å². The molecule has 0 aliphatic rings. The molecule has 6 aromatic carbocycles. The number of hydrogen-bond donors (Lipinski definition) is 0. The molecule has 0 saturated heterocycles. The van der Waals surface area contributed by atoms with Gasteiger partial charge in [-0.2, -0.15) is 48.5 Å². The number of hydrogen-bond acceptors (Lipinski definition) is 3. The maximum absolute atomic E-state index is 13.8. The molecule has 0 spiro atoms. The summed E-state index contributed by atoms with van der Waals surface area (Å²) in [7, 11) is -2.78. The van der Waals surface area contributed by atoms with Crippen molar-refractivity contribution in [1.29, 1.82) is 0 Å². The number of benzene rings is 3. The largest absolute Gasteiger partial charge is 2.00 e. The van der Waals surface area contributed by atoms with Crippen molar-refractivity contribution in [3.8, 4) is 0 Å². The van der Waals surface area contributed by atoms with Crippen molar-refractivity contribution >= 4 is 28.7 Å². The summed E-state index contributed by atoms with van der Waals surface area (Å²) in [5.41, 5.74) is 0.969. The van der Waals surface area contributed by atoms with Crippen LogP contribution in [0.25, 0.3) is 0 Å². The SMILES string of the molecule is CC(C)N=c1cccc[cH-]c1=N[c-]1cccc1.CCCCCC.O=P(c1ccccc1)(c1ccccc1)c1ccccc1.[Fe+2].[Na+].c1cc[cH-]c1. The predicted molar refractivity (Wildman–Crippen MR) is 208 cm³/mol. The molecule has 0 radical (unpaired) electrons. The minimum Gasteiger partial charge on any atom is -0.368 e. The Kier molecular flexibility index (Phi) is 23.8. The van der Waals surface area contributed by atoms with Gasteiger partial charge in [0.25, 0.3) is 0 Å². The fraction of sp³-hybridized carbons (Fsp3) is 0.205. The van der Waals surface area contributed by atoms with E-state index in [0.717, 1.165) is 32.3 Å². The van der Waals surface area contributed by atoms with Crippen LogP contribution in [0.15, 0.2) is 186 Å². The zero-order chi connectivity index (χ0) is 34.3. The summed E-state index contributed by atoms with van der Waals surface area (Å²) >= 11 is 0. The standard InChI is InChI=1S/C18H15OP.C15H16N2.C6H14.C5H5.Fe.Na/c19-20(16-10-4-1-5-11-16,17-12-6-2-7-13-17)18-14-8-3-9-15-18;1-12(2)16-14-10-4-3-5-11-15(14)17-13-8-6-7-9-13;1-3-5-6-4-2;1-2-4-5-3-1;;/h1-15H;3-12H,1-2H3;3-6H2,1-2H3;1-5H;;/q;-2;;-1;+2;+1. The van der Waals surface area contributed by atoms with Gasteiger partial charge in [0.2, 0.25) is 0 Å². The van der Waals surface area contributed by atoms with Gasteiger partial charge >= 0.3 is 46.6 Å². The van der Waals surface area contributed by atoms with E-state index < -0.39 is 7.14 Å². The molecule has 50 heavy (non-hydrogen) atoms. The molecular formula is C44H50FeN2NaOP. The van der Waals surface area contributed by atoms with Gasteiger partial charge in [0, 0.05) is 22.0 Å². The molecule has 3 nitrogen and oxygen atoms in total. The molecular weight excluding hydrogens is 682 g/mol. The smallest absolute Gasteiger partial charge is 0.368 e. The van der Waals surface area contributed by atoms with Gasteiger partial charge in [-0.1, -0.05) is 141 Å². The third kappa shape index (κ3) is 15.8. The molecule has 0 unspecified atom stereocenters. The quantitative estimate of drug-likeness (QED) is 0.0721. The molecule has 0 aromatic heterocycles. The van der Waals surface area contributed by atoms with Crippen LogP contribution >= 0.6 is 7.14 Å². The van der Waals surface area contributed by atoms with Crippen LogP contribution in [-0.2, 0) is 21.6 Å². The fourth-order valence-corrected chi connectivity index (χ4v) is 7.44. The molecule has 0 atom stereocenters. The first kappa shape index (κ1) is 44.8. The van der Waals surface area contributed by atoms with Crippen molar-refractivity contribution in [2.75, 3.05) is 0 Å². The second-order valence-corrected chi connectivity index (χ2v) is 14.2. The molecule has 0 aliphatic heterocycles. The van der Waals surface area contributed by atoms with Crippen LogP contribution in [0.4, 0.5) is 5.69 Å². The summed E-state index contributed by atoms with van der Waals surface area (Å²) in [6, 6.07) is 57.3. The molecule has 0 N–H and O–H groups in total. The minimum atomic E-state index is -2.78. The maximum atomic E-state index is 13.8. The van der Waals surface area contributed by atoms with Gasteiger partial charge in [-0.3, -0.25) is 0 Å². The zero-order valence-corrected chi connectivity index (χ0v) is 34.3. The van der Waals surface area contributed by atoms with Crippen molar-refractivity contribution in [1.82, 2.24) is 0 Å². The zero-order valence-electron chi connectivity index (χ0n) is 30.3. The Bertz CT molecular complexity index is 1710. The summed E-state index contributed by atoms with van der Waals surface area (Å²) in [5, 5.41) is 4.47. The molecule has 0 aliphatic carbocycles. The Hall–Kier alpha value is -3.20. The first-order valence-corrected chi connectivity index (χ1v) is 18.7. The predicted octanol–water partition coefficient (Wildman–Crippen LogP) is 6.99. The molecule has 0 bridgehead atoms. The van der Waals surface area contributed by atoms with Gasteiger partial charge in [0.1, 0.15) is 0 Å². The summed E-state index contributed by atoms with van der Waals surface area (Å²) < 4.78 is 13.8. The first-order valence-electron chi connectivity index (χ1n) is 17.0. The maximum Gasteiger partial charge on any atom is 2.00 e. The van der Waals surface area contributed by atoms with E-state index in [-0.39, 0.29) is 52.7 Å². The Morgan fingerprint density at radius 1 is 0.620 bits per heavy atom. The van der Waals surface area contributed by atoms with Gasteiger partial charge in [-0.25, -0.2) is 12.1 Å². The normalized spacial score (nSPS) is 10.9. The number of nitrogens with zero attached hydrogens (tertiary/aromatic N) is 2. The Morgan fingerprint density at radius 3 is 1.42 bits per heavy atom. The molecule has 6 aromatic rings. The van der Waals surface area contributed by atoms with Crippen LogP contribution in [0.2, 0.25) is 0 Å². The van der Waals surface area contributed by atoms with E-state index in [0.29, 0.717) is 0 Å². The van der Waals surface area contributed by atoms with E-state index in [4.69, 9.17) is 0 Å². The fourth-order valence-electron chi connectivity index (χ4n) is 4.77. The first-order chi connectivity index (χ1) is 23.5. The molecule has 256 valence electrons. The van der Waals surface area contributed by atoms with Gasteiger partial charge in [0.15, 0.2) is 7.14 Å². The van der Waals surface area contributed by atoms with E-state index in [1.807, 2.05) is 176 Å². The molecule has 0 amide bonds. The molecule has 6 rings (SSSR count). The van der Waals surface area contributed by atoms with Crippen molar-refractivity contribution in [3.63, 3.8) is 0 Å². The van der Waals surface area contributed by atoms with Crippen LogP contribution < -0.4 is 56.2 Å². The molecule has 0 fully saturated rings. The minimum absolute atomic E-state index is 0. The van der Waals surface area contributed by atoms with Gasteiger partial charge < -0.3 is 14.5 Å². The Balaban J connectivity index is 0.000000376. The molecule has 6 heteroatoms. The summed E-state index contributed by atoms with van der Waals surface area (Å²) in [5.74, 6) is 0. The average molecular weight is 733 g/mol. The van der Waals surface area contributed by atoms with E-state index in [1.165, 1.54) is 25.7 Å². The third-order valence-electron chi connectivity index (χ3n) is 7.16. The third-order valence-corrected chi connectivity index (χ3v) is 10.2. The van der Waals surface area contributed by atoms with Crippen LogP contribution in [0.1, 0.15) is 53.4 Å². The molecule has 0 saturated carbocycles. The van der Waals surface area contributed by atoms with Crippen LogP contribution in [0.5, 0.6) is 0 Å². The van der Waals surface area contributed by atoms with Crippen molar-refractivity contribution in [3.05, 3.63) is 187 Å². The van der Waals surface area contributed by atoms with E-state index in [9.17, 15) is 4.57 Å². The van der Waals surface area contributed by atoms with Gasteiger partial charge in [0.05, 0.1) is 0 Å². The van der Waals surface area contributed by atoms with E-state index in [1.54, 1.807) is 0 Å². The average Bonchev–Trinajstić information content (AvgIpc) is 3.86. The van der Waals surface area contributed by atoms with Crippen LogP contribution in [0, 0.1) is 0 Å². The monoisotopic (exact) mass is 732 g/mol. The Morgan fingerprint density at radius 2 is 1.04 bits per heavy atom. The number of unbranched alkanes of at least 4 members (excludes halogenated alkanes) is 3. The summed E-state index contributed by atoms with van der Waals surface area (Å²) in [6.45, 7) is 8.60. The van der Waals surface area contributed by atoms with Crippen LogP contribution in [-0.4, -0.2) is 6.04 Å². The molecule has 0 heterocycles. The second-order valence-electron chi connectivity index (χ2n) is 11.4. The van der Waals surface area contributed by atoms with Gasteiger partial charge in [-0.05, 0) is 19.5 Å². The summed E-state index contributed by atoms with van der Waals surface area (Å²) in [4.78, 5) is 9.19. The van der Waals surface area contributed by atoms with E-state index in [2.05, 4.69) is 37.7 Å². The topological polar surface area (TPSA) is 41.8 Å². The van der Waals surface area contributed by atoms with E-state index >= 15 is 0 Å². The number of rotatable bonds is 8. The second kappa shape index (κ2) is 26.6. The summed E-state index contributed by atoms with van der Waals surface area (Å²) in [6.07, 6.45) is 5.54.